The highest BCUT2D eigenvalue weighted by Crippen LogP contribution is 2.35. The molecule has 1 aliphatic heterocycles. The SMILES string of the molecule is CCOc1cc(OC2CCN(S(C)(=O)=O)CC2)c(F)c(C(OC)C(=O)N(Cl)Cc2ccc(C(=N)N)cc2)c1. The first-order chi connectivity index (χ1) is 17.9. The van der Waals surface area contributed by atoms with Gasteiger partial charge in [0.15, 0.2) is 17.7 Å². The standard InChI is InChI=1S/C25H32ClFN4O6S/c1-4-36-19-13-20(22(27)21(14-19)37-18-9-11-30(12-10-18)38(3,33)34)23(35-2)25(32)31(26)15-16-5-7-17(8-6-16)24(28)29/h5-8,13-14,18,23H,4,9-12,15H2,1-3H3,(H3,28,29). The molecule has 1 unspecified atom stereocenters. The fraction of sp³-hybridized carbons (Fsp3) is 0.440. The molecule has 0 saturated carbocycles. The lowest BCUT2D eigenvalue weighted by atomic mass is 10.1. The van der Waals surface area contributed by atoms with E-state index in [0.717, 1.165) is 10.7 Å². The zero-order valence-corrected chi connectivity index (χ0v) is 23.0. The number of carbonyl (C=O) groups excluding carboxylic acids is 1. The van der Waals surface area contributed by atoms with Crippen LogP contribution in [0.1, 0.15) is 42.6 Å². The van der Waals surface area contributed by atoms with Crippen LogP contribution in [0, 0.1) is 11.2 Å². The Hall–Kier alpha value is -2.93. The van der Waals surface area contributed by atoms with Crippen LogP contribution >= 0.6 is 11.8 Å². The molecule has 38 heavy (non-hydrogen) atoms. The van der Waals surface area contributed by atoms with Crippen LogP contribution in [0.15, 0.2) is 36.4 Å². The monoisotopic (exact) mass is 570 g/mol. The number of hydrogen-bond donors (Lipinski definition) is 2. The van der Waals surface area contributed by atoms with Gasteiger partial charge in [0.1, 0.15) is 17.7 Å². The third-order valence-corrected chi connectivity index (χ3v) is 7.67. The normalized spacial score (nSPS) is 15.6. The minimum atomic E-state index is -3.31. The van der Waals surface area contributed by atoms with E-state index in [9.17, 15) is 13.2 Å². The maximum atomic E-state index is 15.7. The van der Waals surface area contributed by atoms with Crippen molar-refractivity contribution in [2.75, 3.05) is 33.1 Å². The molecule has 2 aromatic carbocycles. The molecule has 2 aromatic rings. The van der Waals surface area contributed by atoms with Crippen molar-refractivity contribution in [1.82, 2.24) is 8.72 Å². The average Bonchev–Trinajstić information content (AvgIpc) is 2.87. The van der Waals surface area contributed by atoms with Gasteiger partial charge in [-0.2, -0.15) is 0 Å². The van der Waals surface area contributed by atoms with E-state index in [1.165, 1.54) is 23.5 Å². The molecule has 1 fully saturated rings. The predicted molar refractivity (Wildman–Crippen MR) is 141 cm³/mol. The first-order valence-electron chi connectivity index (χ1n) is 12.0. The Morgan fingerprint density at radius 3 is 2.42 bits per heavy atom. The van der Waals surface area contributed by atoms with Crippen molar-refractivity contribution in [3.8, 4) is 11.5 Å². The van der Waals surface area contributed by atoms with Crippen molar-refractivity contribution >= 4 is 33.5 Å². The number of benzene rings is 2. The van der Waals surface area contributed by atoms with Crippen LogP contribution in [0.4, 0.5) is 4.39 Å². The highest BCUT2D eigenvalue weighted by atomic mass is 35.5. The maximum Gasteiger partial charge on any atom is 0.271 e. The van der Waals surface area contributed by atoms with Gasteiger partial charge >= 0.3 is 0 Å². The zero-order chi connectivity index (χ0) is 28.0. The molecule has 0 spiro atoms. The van der Waals surface area contributed by atoms with Crippen molar-refractivity contribution in [2.24, 2.45) is 5.73 Å². The first kappa shape index (κ1) is 29.6. The number of rotatable bonds is 11. The molecule has 1 aliphatic rings. The number of piperidine rings is 1. The summed E-state index contributed by atoms with van der Waals surface area (Å²) in [6.07, 6.45) is 0.0935. The number of amides is 1. The Kier molecular flexibility index (Phi) is 9.94. The first-order valence-corrected chi connectivity index (χ1v) is 14.1. The van der Waals surface area contributed by atoms with E-state index >= 15 is 4.39 Å². The summed E-state index contributed by atoms with van der Waals surface area (Å²) in [5.41, 5.74) is 6.56. The number of methoxy groups -OCH3 is 1. The molecule has 3 rings (SSSR count). The molecular weight excluding hydrogens is 539 g/mol. The zero-order valence-electron chi connectivity index (χ0n) is 21.4. The lowest BCUT2D eigenvalue weighted by molar-refractivity contribution is -0.138. The number of amidine groups is 1. The number of nitrogens with two attached hydrogens (primary N) is 1. The van der Waals surface area contributed by atoms with Crippen LogP contribution in [0.25, 0.3) is 0 Å². The van der Waals surface area contributed by atoms with Crippen LogP contribution in [-0.4, -0.2) is 68.1 Å². The minimum absolute atomic E-state index is 0.00648. The summed E-state index contributed by atoms with van der Waals surface area (Å²) in [7, 11) is -2.05. The summed E-state index contributed by atoms with van der Waals surface area (Å²) in [4.78, 5) is 13.2. The number of halogens is 2. The highest BCUT2D eigenvalue weighted by molar-refractivity contribution is 7.88. The van der Waals surface area contributed by atoms with Crippen molar-refractivity contribution in [3.63, 3.8) is 0 Å². The Bertz CT molecular complexity index is 1250. The van der Waals surface area contributed by atoms with Crippen LogP contribution < -0.4 is 15.2 Å². The van der Waals surface area contributed by atoms with E-state index in [4.69, 9.17) is 37.1 Å². The molecule has 0 bridgehead atoms. The van der Waals surface area contributed by atoms with E-state index in [-0.39, 0.29) is 42.5 Å². The molecular formula is C25H32ClFN4O6S. The topological polar surface area (TPSA) is 135 Å². The Morgan fingerprint density at radius 2 is 1.89 bits per heavy atom. The molecule has 0 radical (unpaired) electrons. The van der Waals surface area contributed by atoms with Gasteiger partial charge < -0.3 is 19.9 Å². The van der Waals surface area contributed by atoms with Crippen LogP contribution in [0.2, 0.25) is 0 Å². The van der Waals surface area contributed by atoms with E-state index in [0.29, 0.717) is 30.6 Å². The Balaban J connectivity index is 1.81. The summed E-state index contributed by atoms with van der Waals surface area (Å²) in [6.45, 7) is 2.57. The minimum Gasteiger partial charge on any atom is -0.494 e. The van der Waals surface area contributed by atoms with E-state index < -0.39 is 34.0 Å². The molecule has 0 aromatic heterocycles. The molecule has 10 nitrogen and oxygen atoms in total. The second-order valence-corrected chi connectivity index (χ2v) is 11.2. The number of hydrogen-bond acceptors (Lipinski definition) is 7. The smallest absolute Gasteiger partial charge is 0.271 e. The lowest BCUT2D eigenvalue weighted by Crippen LogP contribution is -2.41. The van der Waals surface area contributed by atoms with Gasteiger partial charge in [-0.25, -0.2) is 21.5 Å². The van der Waals surface area contributed by atoms with Gasteiger partial charge in [-0.05, 0) is 31.4 Å². The van der Waals surface area contributed by atoms with Gasteiger partial charge in [0.05, 0.1) is 19.4 Å². The average molecular weight is 571 g/mol. The number of nitrogen functional groups attached to an aromatic ring is 1. The van der Waals surface area contributed by atoms with Crippen molar-refractivity contribution < 1.29 is 31.8 Å². The third-order valence-electron chi connectivity index (χ3n) is 6.08. The summed E-state index contributed by atoms with van der Waals surface area (Å²) in [5.74, 6) is -1.43. The Morgan fingerprint density at radius 1 is 1.26 bits per heavy atom. The molecule has 1 amide bonds. The van der Waals surface area contributed by atoms with Gasteiger partial charge in [-0.15, -0.1) is 0 Å². The molecule has 1 atom stereocenters. The summed E-state index contributed by atoms with van der Waals surface area (Å²) < 4.78 is 58.4. The van der Waals surface area contributed by atoms with Gasteiger partial charge in [0.25, 0.3) is 5.91 Å². The van der Waals surface area contributed by atoms with Gasteiger partial charge in [0, 0.05) is 49.2 Å². The van der Waals surface area contributed by atoms with Gasteiger partial charge in [0.2, 0.25) is 10.0 Å². The number of nitrogens with one attached hydrogen (secondary N) is 1. The molecule has 208 valence electrons. The van der Waals surface area contributed by atoms with Gasteiger partial charge in [-0.1, -0.05) is 24.3 Å². The summed E-state index contributed by atoms with van der Waals surface area (Å²) >= 11 is 6.29. The molecule has 1 saturated heterocycles. The lowest BCUT2D eigenvalue weighted by Gasteiger charge is -2.31. The molecule has 0 aliphatic carbocycles. The second-order valence-electron chi connectivity index (χ2n) is 8.82. The van der Waals surface area contributed by atoms with Gasteiger partial charge in [-0.3, -0.25) is 10.2 Å². The van der Waals surface area contributed by atoms with Crippen LogP contribution in [0.3, 0.4) is 0 Å². The Labute approximate surface area is 227 Å². The number of nitrogens with zero attached hydrogens (tertiary/aromatic N) is 2. The molecule has 1 heterocycles. The third kappa shape index (κ3) is 7.34. The molecule has 13 heteroatoms. The fourth-order valence-corrected chi connectivity index (χ4v) is 5.20. The fourth-order valence-electron chi connectivity index (χ4n) is 4.10. The largest absolute Gasteiger partial charge is 0.494 e. The quantitative estimate of drug-likeness (QED) is 0.241. The number of sulfonamides is 1. The number of carbonyl (C=O) groups is 1. The van der Waals surface area contributed by atoms with Crippen LogP contribution in [0.5, 0.6) is 11.5 Å². The summed E-state index contributed by atoms with van der Waals surface area (Å²) in [5, 5.41) is 7.48. The second kappa shape index (κ2) is 12.7. The van der Waals surface area contributed by atoms with Crippen molar-refractivity contribution in [3.05, 3.63) is 58.9 Å². The van der Waals surface area contributed by atoms with Crippen LogP contribution in [-0.2, 0) is 26.1 Å². The summed E-state index contributed by atoms with van der Waals surface area (Å²) in [6, 6.07) is 9.40. The maximum absolute atomic E-state index is 15.7. The van der Waals surface area contributed by atoms with Crippen molar-refractivity contribution in [2.45, 2.75) is 38.5 Å². The number of ether oxygens (including phenoxy) is 3. The van der Waals surface area contributed by atoms with E-state index in [1.807, 2.05) is 0 Å². The predicted octanol–water partition coefficient (Wildman–Crippen LogP) is 3.18. The highest BCUT2D eigenvalue weighted by Gasteiger charge is 2.32. The van der Waals surface area contributed by atoms with Crippen molar-refractivity contribution in [1.29, 1.82) is 5.41 Å². The van der Waals surface area contributed by atoms with E-state index in [2.05, 4.69) is 0 Å². The van der Waals surface area contributed by atoms with E-state index in [1.54, 1.807) is 31.2 Å². The molecule has 3 N–H and O–H groups in total.